The maximum Gasteiger partial charge on any atom is 0.275 e. The molecule has 0 atom stereocenters. The Morgan fingerprint density at radius 1 is 0.939 bits per heavy atom. The molecule has 6 nitrogen and oxygen atoms in total. The van der Waals surface area contributed by atoms with Crippen molar-refractivity contribution in [1.29, 1.82) is 0 Å². The van der Waals surface area contributed by atoms with Crippen LogP contribution in [-0.4, -0.2) is 28.5 Å². The van der Waals surface area contributed by atoms with Gasteiger partial charge in [-0.05, 0) is 37.1 Å². The molecule has 0 aliphatic carbocycles. The largest absolute Gasteiger partial charge is 0.311 e. The normalized spacial score (nSPS) is 10.8. The summed E-state index contributed by atoms with van der Waals surface area (Å²) in [6.07, 6.45) is 1.70. The topological polar surface area (TPSA) is 72.3 Å². The van der Waals surface area contributed by atoms with Crippen LogP contribution in [0.25, 0.3) is 22.0 Å². The first-order valence-electron chi connectivity index (χ1n) is 11.0. The van der Waals surface area contributed by atoms with E-state index in [0.29, 0.717) is 28.6 Å². The van der Waals surface area contributed by atoms with E-state index >= 15 is 0 Å². The van der Waals surface area contributed by atoms with Gasteiger partial charge in [0.1, 0.15) is 12.8 Å². The SMILES string of the molecule is CCc1ccc(N(CC)C(=O)Cn2nc(-c3ccc(C=O)cc3)c3ccccc3c2=O)cc1. The van der Waals surface area contributed by atoms with Crippen molar-refractivity contribution < 1.29 is 9.59 Å². The lowest BCUT2D eigenvalue weighted by molar-refractivity contribution is -0.119. The van der Waals surface area contributed by atoms with Crippen LogP contribution in [0, 0.1) is 0 Å². The Morgan fingerprint density at radius 3 is 2.21 bits per heavy atom. The van der Waals surface area contributed by atoms with Crippen molar-refractivity contribution in [3.05, 3.63) is 94.3 Å². The van der Waals surface area contributed by atoms with Crippen LogP contribution >= 0.6 is 0 Å². The molecule has 0 saturated carbocycles. The van der Waals surface area contributed by atoms with E-state index in [0.717, 1.165) is 24.0 Å². The molecule has 0 saturated heterocycles. The molecule has 4 aromatic rings. The molecule has 1 aromatic heterocycles. The standard InChI is InChI=1S/C27H25N3O3/c1-3-19-11-15-22(16-12-19)29(4-2)25(32)17-30-27(33)24-8-6-5-7-23(24)26(28-30)21-13-9-20(18-31)10-14-21/h5-16,18H,3-4,17H2,1-2H3. The average Bonchev–Trinajstić information content (AvgIpc) is 2.87. The Kier molecular flexibility index (Phi) is 6.45. The third-order valence-corrected chi connectivity index (χ3v) is 5.75. The summed E-state index contributed by atoms with van der Waals surface area (Å²) in [4.78, 5) is 39.1. The van der Waals surface area contributed by atoms with E-state index in [9.17, 15) is 14.4 Å². The van der Waals surface area contributed by atoms with Gasteiger partial charge in [-0.3, -0.25) is 14.4 Å². The number of hydrogen-bond donors (Lipinski definition) is 0. The molecule has 0 radical (unpaired) electrons. The summed E-state index contributed by atoms with van der Waals surface area (Å²) in [6, 6.07) is 22.1. The van der Waals surface area contributed by atoms with E-state index in [2.05, 4.69) is 12.0 Å². The second-order valence-electron chi connectivity index (χ2n) is 7.75. The number of hydrogen-bond acceptors (Lipinski definition) is 4. The third-order valence-electron chi connectivity index (χ3n) is 5.75. The highest BCUT2D eigenvalue weighted by Gasteiger charge is 2.18. The first kappa shape index (κ1) is 22.1. The minimum atomic E-state index is -0.315. The molecule has 0 bridgehead atoms. The second-order valence-corrected chi connectivity index (χ2v) is 7.75. The maximum absolute atomic E-state index is 13.2. The molecule has 4 rings (SSSR count). The lowest BCUT2D eigenvalue weighted by Gasteiger charge is -2.22. The number of benzene rings is 3. The van der Waals surface area contributed by atoms with Crippen molar-refractivity contribution in [2.45, 2.75) is 26.8 Å². The van der Waals surface area contributed by atoms with Crippen LogP contribution in [-0.2, 0) is 17.8 Å². The molecule has 3 aromatic carbocycles. The van der Waals surface area contributed by atoms with Gasteiger partial charge in [-0.1, -0.05) is 61.5 Å². The number of fused-ring (bicyclic) bond motifs is 1. The van der Waals surface area contributed by atoms with E-state index < -0.39 is 0 Å². The Hall–Kier alpha value is -4.06. The zero-order valence-electron chi connectivity index (χ0n) is 18.7. The van der Waals surface area contributed by atoms with Gasteiger partial charge < -0.3 is 4.90 Å². The van der Waals surface area contributed by atoms with Gasteiger partial charge in [0.2, 0.25) is 5.91 Å². The van der Waals surface area contributed by atoms with Gasteiger partial charge in [0.05, 0.1) is 11.1 Å². The highest BCUT2D eigenvalue weighted by atomic mass is 16.2. The van der Waals surface area contributed by atoms with Crippen molar-refractivity contribution in [2.24, 2.45) is 0 Å². The lowest BCUT2D eigenvalue weighted by Crippen LogP contribution is -2.37. The number of aryl methyl sites for hydroxylation is 1. The van der Waals surface area contributed by atoms with Crippen molar-refractivity contribution in [2.75, 3.05) is 11.4 Å². The van der Waals surface area contributed by atoms with E-state index in [1.165, 1.54) is 10.2 Å². The summed E-state index contributed by atoms with van der Waals surface area (Å²) >= 11 is 0. The average molecular weight is 440 g/mol. The second kappa shape index (κ2) is 9.61. The van der Waals surface area contributed by atoms with E-state index in [-0.39, 0.29) is 18.0 Å². The molecule has 1 amide bonds. The fraction of sp³-hybridized carbons (Fsp3) is 0.185. The molecule has 0 aliphatic rings. The zero-order valence-corrected chi connectivity index (χ0v) is 18.7. The molecule has 166 valence electrons. The quantitative estimate of drug-likeness (QED) is 0.398. The van der Waals surface area contributed by atoms with Crippen LogP contribution in [0.3, 0.4) is 0 Å². The summed E-state index contributed by atoms with van der Waals surface area (Å²) in [7, 11) is 0. The van der Waals surface area contributed by atoms with Crippen molar-refractivity contribution >= 4 is 28.7 Å². The van der Waals surface area contributed by atoms with Crippen molar-refractivity contribution in [3.63, 3.8) is 0 Å². The number of rotatable bonds is 7. The lowest BCUT2D eigenvalue weighted by atomic mass is 10.0. The fourth-order valence-corrected chi connectivity index (χ4v) is 3.90. The highest BCUT2D eigenvalue weighted by molar-refractivity contribution is 5.95. The summed E-state index contributed by atoms with van der Waals surface area (Å²) in [5.41, 5.74) is 3.58. The molecule has 1 heterocycles. The Labute approximate surface area is 192 Å². The number of anilines is 1. The minimum Gasteiger partial charge on any atom is -0.311 e. The van der Waals surface area contributed by atoms with Gasteiger partial charge in [0.15, 0.2) is 0 Å². The first-order valence-corrected chi connectivity index (χ1v) is 11.0. The molecular formula is C27H25N3O3. The summed E-state index contributed by atoms with van der Waals surface area (Å²) in [5, 5.41) is 5.76. The van der Waals surface area contributed by atoms with E-state index in [1.807, 2.05) is 43.3 Å². The number of carbonyl (C=O) groups excluding carboxylic acids is 2. The molecular weight excluding hydrogens is 414 g/mol. The van der Waals surface area contributed by atoms with Crippen LogP contribution < -0.4 is 10.5 Å². The summed E-state index contributed by atoms with van der Waals surface area (Å²) in [6.45, 7) is 4.29. The Bertz CT molecular complexity index is 1360. The number of aldehydes is 1. The Morgan fingerprint density at radius 2 is 1.61 bits per heavy atom. The third kappa shape index (κ3) is 4.46. The van der Waals surface area contributed by atoms with Crippen molar-refractivity contribution in [3.8, 4) is 11.3 Å². The molecule has 0 fully saturated rings. The molecule has 0 spiro atoms. The van der Waals surface area contributed by atoms with Crippen LogP contribution in [0.2, 0.25) is 0 Å². The minimum absolute atomic E-state index is 0.174. The molecule has 6 heteroatoms. The van der Waals surface area contributed by atoms with Crippen LogP contribution in [0.1, 0.15) is 29.8 Å². The van der Waals surface area contributed by atoms with Gasteiger partial charge in [-0.15, -0.1) is 0 Å². The number of likely N-dealkylation sites (N-methyl/N-ethyl adjacent to an activating group) is 1. The Balaban J connectivity index is 1.75. The summed E-state index contributed by atoms with van der Waals surface area (Å²) < 4.78 is 1.23. The maximum atomic E-state index is 13.2. The van der Waals surface area contributed by atoms with Crippen LogP contribution in [0.15, 0.2) is 77.6 Å². The first-order chi connectivity index (χ1) is 16.0. The van der Waals surface area contributed by atoms with Crippen LogP contribution in [0.5, 0.6) is 0 Å². The van der Waals surface area contributed by atoms with Gasteiger partial charge >= 0.3 is 0 Å². The van der Waals surface area contributed by atoms with E-state index in [4.69, 9.17) is 0 Å². The van der Waals surface area contributed by atoms with Crippen LogP contribution in [0.4, 0.5) is 5.69 Å². The zero-order chi connectivity index (χ0) is 23.4. The highest BCUT2D eigenvalue weighted by Crippen LogP contribution is 2.25. The number of amides is 1. The molecule has 0 N–H and O–H groups in total. The molecule has 0 unspecified atom stereocenters. The monoisotopic (exact) mass is 439 g/mol. The van der Waals surface area contributed by atoms with Gasteiger partial charge in [0.25, 0.3) is 5.56 Å². The number of carbonyl (C=O) groups is 2. The number of aromatic nitrogens is 2. The van der Waals surface area contributed by atoms with Gasteiger partial charge in [-0.2, -0.15) is 5.10 Å². The van der Waals surface area contributed by atoms with Gasteiger partial charge in [0, 0.05) is 28.7 Å². The summed E-state index contributed by atoms with van der Waals surface area (Å²) in [5.74, 6) is -0.214. The molecule has 0 aliphatic heterocycles. The fourth-order valence-electron chi connectivity index (χ4n) is 3.90. The predicted molar refractivity (Wildman–Crippen MR) is 131 cm³/mol. The van der Waals surface area contributed by atoms with E-state index in [1.54, 1.807) is 41.3 Å². The number of nitrogens with zero attached hydrogens (tertiary/aromatic N) is 3. The molecule has 33 heavy (non-hydrogen) atoms. The predicted octanol–water partition coefficient (Wildman–Crippen LogP) is 4.49. The van der Waals surface area contributed by atoms with Crippen molar-refractivity contribution in [1.82, 2.24) is 9.78 Å². The smallest absolute Gasteiger partial charge is 0.275 e. The van der Waals surface area contributed by atoms with Gasteiger partial charge in [-0.25, -0.2) is 4.68 Å².